The topological polar surface area (TPSA) is 115 Å². The van der Waals surface area contributed by atoms with E-state index >= 15 is 0 Å². The van der Waals surface area contributed by atoms with Crippen LogP contribution in [0.2, 0.25) is 0 Å². The van der Waals surface area contributed by atoms with E-state index in [9.17, 15) is 14.0 Å². The third-order valence-electron chi connectivity index (χ3n) is 5.30. The molecule has 2 atom stereocenters. The Kier molecular flexibility index (Phi) is 4.53. The summed E-state index contributed by atoms with van der Waals surface area (Å²) in [6.45, 7) is 4.80. The molecular formula is C20H22FN7O3. The van der Waals surface area contributed by atoms with E-state index in [4.69, 9.17) is 4.74 Å². The molecule has 1 aliphatic heterocycles. The summed E-state index contributed by atoms with van der Waals surface area (Å²) in [5.41, 5.74) is 0.608. The number of carbonyl (C=O) groups excluding carboxylic acids is 1. The van der Waals surface area contributed by atoms with Gasteiger partial charge in [-0.2, -0.15) is 9.61 Å². The van der Waals surface area contributed by atoms with E-state index in [0.29, 0.717) is 36.8 Å². The fraction of sp³-hybridized carbons (Fsp3) is 0.400. The fourth-order valence-corrected chi connectivity index (χ4v) is 3.54. The standard InChI is InChI=1S/C20H22FN7O3/c1-10(2)27-6-3-4-13(20(27)30)24-16-15-18(22-5-7-31-15)28-17(26-16)11(9-23-28)19(29)25-14-8-12(14)21/h3-4,6,9-10,12,14,22H,5,7-8H2,1-2H3,(H,24,26)(H,25,29)/t12-,14+/m0/s1. The predicted octanol–water partition coefficient (Wildman–Crippen LogP) is 1.86. The van der Waals surface area contributed by atoms with Gasteiger partial charge >= 0.3 is 0 Å². The van der Waals surface area contributed by atoms with Crippen molar-refractivity contribution in [3.05, 3.63) is 40.4 Å². The van der Waals surface area contributed by atoms with Crippen molar-refractivity contribution in [2.24, 2.45) is 0 Å². The third-order valence-corrected chi connectivity index (χ3v) is 5.30. The molecule has 2 aliphatic rings. The van der Waals surface area contributed by atoms with Crippen LogP contribution in [0.15, 0.2) is 29.3 Å². The molecule has 0 aromatic carbocycles. The van der Waals surface area contributed by atoms with Crippen LogP contribution in [-0.2, 0) is 0 Å². The van der Waals surface area contributed by atoms with Crippen molar-refractivity contribution in [2.45, 2.75) is 38.5 Å². The van der Waals surface area contributed by atoms with E-state index in [0.717, 1.165) is 0 Å². The molecule has 162 valence electrons. The minimum absolute atomic E-state index is 0.0107. The van der Waals surface area contributed by atoms with Crippen molar-refractivity contribution in [3.63, 3.8) is 0 Å². The molecule has 3 aromatic heterocycles. The number of rotatable bonds is 5. The Morgan fingerprint density at radius 3 is 2.97 bits per heavy atom. The second-order valence-electron chi connectivity index (χ2n) is 7.89. The van der Waals surface area contributed by atoms with E-state index in [1.807, 2.05) is 13.8 Å². The number of pyridine rings is 1. The Bertz CT molecular complexity index is 1240. The monoisotopic (exact) mass is 427 g/mol. The zero-order chi connectivity index (χ0) is 21.7. The van der Waals surface area contributed by atoms with Gasteiger partial charge in [0.15, 0.2) is 17.3 Å². The number of fused-ring (bicyclic) bond motifs is 3. The van der Waals surface area contributed by atoms with E-state index in [1.54, 1.807) is 22.9 Å². The van der Waals surface area contributed by atoms with Crippen LogP contribution in [0.1, 0.15) is 36.7 Å². The minimum atomic E-state index is -1.01. The van der Waals surface area contributed by atoms with Gasteiger partial charge < -0.3 is 25.3 Å². The Hall–Kier alpha value is -3.63. The van der Waals surface area contributed by atoms with Crippen LogP contribution < -0.4 is 26.2 Å². The maximum Gasteiger partial charge on any atom is 0.274 e. The average Bonchev–Trinajstić information content (AvgIpc) is 3.27. The Morgan fingerprint density at radius 2 is 2.23 bits per heavy atom. The van der Waals surface area contributed by atoms with Gasteiger partial charge in [-0.1, -0.05) is 0 Å². The maximum atomic E-state index is 13.2. The van der Waals surface area contributed by atoms with E-state index in [2.05, 4.69) is 26.0 Å². The summed E-state index contributed by atoms with van der Waals surface area (Å²) < 4.78 is 22.1. The highest BCUT2D eigenvalue weighted by Gasteiger charge is 2.39. The molecular weight excluding hydrogens is 405 g/mol. The van der Waals surface area contributed by atoms with Gasteiger partial charge in [0.2, 0.25) is 5.75 Å². The zero-order valence-corrected chi connectivity index (χ0v) is 17.1. The largest absolute Gasteiger partial charge is 0.485 e. The molecule has 0 saturated heterocycles. The SMILES string of the molecule is CC(C)n1cccc(Nc2nc3c(C(=O)N[C@@H]4C[C@@H]4F)cnn3c3c2OCCN3)c1=O. The molecule has 3 N–H and O–H groups in total. The van der Waals surface area contributed by atoms with Crippen LogP contribution in [-0.4, -0.2) is 50.4 Å². The molecule has 0 bridgehead atoms. The Morgan fingerprint density at radius 1 is 1.42 bits per heavy atom. The molecule has 1 amide bonds. The van der Waals surface area contributed by atoms with Crippen molar-refractivity contribution in [2.75, 3.05) is 23.8 Å². The lowest BCUT2D eigenvalue weighted by Crippen LogP contribution is -2.27. The summed E-state index contributed by atoms with van der Waals surface area (Å²) in [7, 11) is 0. The Balaban J connectivity index is 1.59. The summed E-state index contributed by atoms with van der Waals surface area (Å²) >= 11 is 0. The summed E-state index contributed by atoms with van der Waals surface area (Å²) in [5.74, 6) is 0.765. The van der Waals surface area contributed by atoms with Crippen LogP contribution in [0, 0.1) is 0 Å². The quantitative estimate of drug-likeness (QED) is 0.569. The second-order valence-corrected chi connectivity index (χ2v) is 7.89. The number of aromatic nitrogens is 4. The van der Waals surface area contributed by atoms with Crippen LogP contribution >= 0.6 is 0 Å². The number of anilines is 3. The summed E-state index contributed by atoms with van der Waals surface area (Å²) in [5, 5.41) is 13.2. The molecule has 0 spiro atoms. The number of nitrogens with one attached hydrogen (secondary N) is 3. The zero-order valence-electron chi connectivity index (χ0n) is 17.1. The third kappa shape index (κ3) is 3.35. The smallest absolute Gasteiger partial charge is 0.274 e. The number of alkyl halides is 1. The number of ether oxygens (including phenoxy) is 1. The number of halogens is 1. The van der Waals surface area contributed by atoms with Gasteiger partial charge in [0.1, 0.15) is 24.0 Å². The number of nitrogens with zero attached hydrogens (tertiary/aromatic N) is 4. The summed E-state index contributed by atoms with van der Waals surface area (Å²) in [6, 6.07) is 2.95. The summed E-state index contributed by atoms with van der Waals surface area (Å²) in [6.07, 6.45) is 2.41. The van der Waals surface area contributed by atoms with Crippen molar-refractivity contribution in [3.8, 4) is 5.75 Å². The molecule has 31 heavy (non-hydrogen) atoms. The first-order valence-corrected chi connectivity index (χ1v) is 10.2. The van der Waals surface area contributed by atoms with Crippen molar-refractivity contribution >= 4 is 28.9 Å². The molecule has 10 nitrogen and oxygen atoms in total. The van der Waals surface area contributed by atoms with Crippen LogP contribution in [0.25, 0.3) is 5.65 Å². The first kappa shape index (κ1) is 19.3. The maximum absolute atomic E-state index is 13.2. The second kappa shape index (κ2) is 7.25. The van der Waals surface area contributed by atoms with Gasteiger partial charge in [-0.05, 0) is 26.0 Å². The molecule has 11 heteroatoms. The first-order valence-electron chi connectivity index (χ1n) is 10.2. The van der Waals surface area contributed by atoms with Gasteiger partial charge in [-0.15, -0.1) is 0 Å². The van der Waals surface area contributed by atoms with Gasteiger partial charge in [0, 0.05) is 18.7 Å². The average molecular weight is 427 g/mol. The molecule has 0 unspecified atom stereocenters. The van der Waals surface area contributed by atoms with Gasteiger partial charge in [-0.3, -0.25) is 9.59 Å². The highest BCUT2D eigenvalue weighted by molar-refractivity contribution is 6.00. The summed E-state index contributed by atoms with van der Waals surface area (Å²) in [4.78, 5) is 30.0. The van der Waals surface area contributed by atoms with Crippen molar-refractivity contribution in [1.82, 2.24) is 24.5 Å². The number of hydrogen-bond acceptors (Lipinski definition) is 7. The molecule has 3 aromatic rings. The number of hydrogen-bond donors (Lipinski definition) is 3. The van der Waals surface area contributed by atoms with E-state index < -0.39 is 18.1 Å². The Labute approximate surface area is 176 Å². The lowest BCUT2D eigenvalue weighted by atomic mass is 10.3. The molecule has 4 heterocycles. The van der Waals surface area contributed by atoms with Crippen LogP contribution in [0.5, 0.6) is 5.75 Å². The lowest BCUT2D eigenvalue weighted by molar-refractivity contribution is 0.0949. The van der Waals surface area contributed by atoms with E-state index in [-0.39, 0.29) is 28.6 Å². The van der Waals surface area contributed by atoms with Crippen molar-refractivity contribution in [1.29, 1.82) is 0 Å². The van der Waals surface area contributed by atoms with Crippen LogP contribution in [0.3, 0.4) is 0 Å². The first-order chi connectivity index (χ1) is 14.9. The molecule has 0 radical (unpaired) electrons. The number of carbonyl (C=O) groups is 1. The molecule has 1 saturated carbocycles. The van der Waals surface area contributed by atoms with Crippen LogP contribution in [0.4, 0.5) is 21.7 Å². The predicted molar refractivity (Wildman–Crippen MR) is 112 cm³/mol. The highest BCUT2D eigenvalue weighted by Crippen LogP contribution is 2.36. The van der Waals surface area contributed by atoms with Gasteiger partial charge in [-0.25, -0.2) is 9.37 Å². The minimum Gasteiger partial charge on any atom is -0.485 e. The highest BCUT2D eigenvalue weighted by atomic mass is 19.1. The lowest BCUT2D eigenvalue weighted by Gasteiger charge is -2.22. The molecule has 5 rings (SSSR count). The molecule has 1 fully saturated rings. The molecule has 1 aliphatic carbocycles. The fourth-order valence-electron chi connectivity index (χ4n) is 3.54. The number of amides is 1. The van der Waals surface area contributed by atoms with E-state index in [1.165, 1.54) is 10.7 Å². The van der Waals surface area contributed by atoms with Gasteiger partial charge in [0.25, 0.3) is 11.5 Å². The normalized spacial score (nSPS) is 19.5. The van der Waals surface area contributed by atoms with Gasteiger partial charge in [0.05, 0.1) is 18.8 Å². The van der Waals surface area contributed by atoms with Crippen molar-refractivity contribution < 1.29 is 13.9 Å².